The van der Waals surface area contributed by atoms with Crippen LogP contribution in [0.1, 0.15) is 22.8 Å². The van der Waals surface area contributed by atoms with Gasteiger partial charge in [-0.05, 0) is 30.2 Å². The Balaban J connectivity index is 3.28. The summed E-state index contributed by atoms with van der Waals surface area (Å²) in [5, 5.41) is -0.861. The summed E-state index contributed by atoms with van der Waals surface area (Å²) in [4.78, 5) is 10.6. The minimum atomic E-state index is -0.861. The normalized spacial score (nSPS) is 10.2. The van der Waals surface area contributed by atoms with Gasteiger partial charge in [0.05, 0.1) is 0 Å². The van der Waals surface area contributed by atoms with Crippen molar-refractivity contribution in [2.75, 3.05) is 0 Å². The molecule has 0 N–H and O–H groups in total. The largest absolute Gasteiger partial charge is 0.276 e. The van der Waals surface area contributed by atoms with Gasteiger partial charge >= 0.3 is 0 Å². The van der Waals surface area contributed by atoms with E-state index in [0.717, 1.165) is 12.1 Å². The van der Waals surface area contributed by atoms with Crippen LogP contribution < -0.4 is 0 Å². The second-order valence-electron chi connectivity index (χ2n) is 2.55. The van der Waals surface area contributed by atoms with Gasteiger partial charge in [-0.15, -0.1) is 0 Å². The Labute approximate surface area is 79.3 Å². The maximum atomic E-state index is 13.0. The zero-order valence-electron chi connectivity index (χ0n) is 6.90. The van der Waals surface area contributed by atoms with Crippen LogP contribution in [0.15, 0.2) is 12.1 Å². The van der Waals surface area contributed by atoms with Crippen LogP contribution in [-0.4, -0.2) is 5.24 Å². The topological polar surface area (TPSA) is 17.1 Å². The van der Waals surface area contributed by atoms with Crippen molar-refractivity contribution in [1.82, 2.24) is 0 Å². The molecule has 0 aromatic heterocycles. The molecule has 0 radical (unpaired) electrons. The van der Waals surface area contributed by atoms with Gasteiger partial charge in [-0.1, -0.05) is 6.92 Å². The van der Waals surface area contributed by atoms with E-state index in [2.05, 4.69) is 0 Å². The first-order valence-electron chi connectivity index (χ1n) is 3.74. The predicted molar refractivity (Wildman–Crippen MR) is 45.9 cm³/mol. The minimum absolute atomic E-state index is 0.0262. The van der Waals surface area contributed by atoms with Crippen LogP contribution in [-0.2, 0) is 6.42 Å². The third-order valence-corrected chi connectivity index (χ3v) is 1.94. The predicted octanol–water partition coefficient (Wildman–Crippen LogP) is 2.91. The van der Waals surface area contributed by atoms with Crippen LogP contribution in [0.2, 0.25) is 0 Å². The molecule has 1 aromatic carbocycles. The molecular formula is C9H7ClF2O. The van der Waals surface area contributed by atoms with Crippen molar-refractivity contribution in [1.29, 1.82) is 0 Å². The van der Waals surface area contributed by atoms with Crippen molar-refractivity contribution in [3.05, 3.63) is 34.9 Å². The molecule has 0 aliphatic heterocycles. The van der Waals surface area contributed by atoms with Gasteiger partial charge < -0.3 is 0 Å². The number of halogens is 3. The number of carbonyl (C=O) groups excluding carboxylic acids is 1. The lowest BCUT2D eigenvalue weighted by atomic mass is 10.1. The average molecular weight is 205 g/mol. The number of hydrogen-bond acceptors (Lipinski definition) is 1. The van der Waals surface area contributed by atoms with Crippen LogP contribution in [0.25, 0.3) is 0 Å². The Bertz CT molecular complexity index is 326. The SMILES string of the molecule is CCc1c(F)cc(C(=O)Cl)cc1F. The fourth-order valence-corrected chi connectivity index (χ4v) is 1.16. The van der Waals surface area contributed by atoms with Gasteiger partial charge in [0.2, 0.25) is 0 Å². The molecule has 0 saturated heterocycles. The smallest absolute Gasteiger partial charge is 0.252 e. The van der Waals surface area contributed by atoms with Gasteiger partial charge in [0.15, 0.2) is 0 Å². The van der Waals surface area contributed by atoms with Crippen molar-refractivity contribution in [2.45, 2.75) is 13.3 Å². The molecule has 0 bridgehead atoms. The summed E-state index contributed by atoms with van der Waals surface area (Å²) in [5.41, 5.74) is -0.185. The highest BCUT2D eigenvalue weighted by Gasteiger charge is 2.12. The minimum Gasteiger partial charge on any atom is -0.276 e. The van der Waals surface area contributed by atoms with Gasteiger partial charge in [-0.2, -0.15) is 0 Å². The molecule has 0 atom stereocenters. The summed E-state index contributed by atoms with van der Waals surface area (Å²) in [7, 11) is 0. The summed E-state index contributed by atoms with van der Waals surface area (Å²) in [5.74, 6) is -1.46. The van der Waals surface area contributed by atoms with E-state index in [-0.39, 0.29) is 17.5 Å². The highest BCUT2D eigenvalue weighted by atomic mass is 35.5. The van der Waals surface area contributed by atoms with Crippen molar-refractivity contribution in [3.63, 3.8) is 0 Å². The molecule has 0 spiro atoms. The Hall–Kier alpha value is -0.960. The number of hydrogen-bond donors (Lipinski definition) is 0. The zero-order chi connectivity index (χ0) is 10.0. The lowest BCUT2D eigenvalue weighted by Gasteiger charge is -2.02. The highest BCUT2D eigenvalue weighted by Crippen LogP contribution is 2.17. The first-order chi connectivity index (χ1) is 6.06. The fourth-order valence-electron chi connectivity index (χ4n) is 1.05. The molecule has 0 aliphatic carbocycles. The second kappa shape index (κ2) is 3.83. The third-order valence-electron chi connectivity index (χ3n) is 1.72. The van der Waals surface area contributed by atoms with E-state index in [0.29, 0.717) is 0 Å². The Morgan fingerprint density at radius 3 is 2.15 bits per heavy atom. The quantitative estimate of drug-likeness (QED) is 0.677. The Kier molecular flexibility index (Phi) is 2.98. The zero-order valence-corrected chi connectivity index (χ0v) is 7.66. The van der Waals surface area contributed by atoms with Gasteiger partial charge in [-0.25, -0.2) is 8.78 Å². The molecule has 0 saturated carbocycles. The van der Waals surface area contributed by atoms with E-state index in [1.807, 2.05) is 0 Å². The molecule has 0 heterocycles. The molecule has 0 unspecified atom stereocenters. The van der Waals surface area contributed by atoms with Gasteiger partial charge in [0, 0.05) is 11.1 Å². The van der Waals surface area contributed by atoms with E-state index in [9.17, 15) is 13.6 Å². The van der Waals surface area contributed by atoms with Crippen LogP contribution in [0.4, 0.5) is 8.78 Å². The lowest BCUT2D eigenvalue weighted by molar-refractivity contribution is 0.108. The summed E-state index contributed by atoms with van der Waals surface area (Å²) in [6.45, 7) is 1.63. The molecule has 0 fully saturated rings. The van der Waals surface area contributed by atoms with Gasteiger partial charge in [0.1, 0.15) is 11.6 Å². The molecule has 0 aliphatic rings. The summed E-state index contributed by atoms with van der Waals surface area (Å²) < 4.78 is 26.0. The molecular weight excluding hydrogens is 198 g/mol. The van der Waals surface area contributed by atoms with E-state index in [1.54, 1.807) is 6.92 Å². The van der Waals surface area contributed by atoms with Crippen LogP contribution in [0, 0.1) is 11.6 Å². The highest BCUT2D eigenvalue weighted by molar-refractivity contribution is 6.67. The van der Waals surface area contributed by atoms with Gasteiger partial charge in [0.25, 0.3) is 5.24 Å². The second-order valence-corrected chi connectivity index (χ2v) is 2.89. The molecule has 13 heavy (non-hydrogen) atoms. The summed E-state index contributed by atoms with van der Waals surface area (Å²) in [6, 6.07) is 1.88. The summed E-state index contributed by atoms with van der Waals surface area (Å²) in [6.07, 6.45) is 0.244. The van der Waals surface area contributed by atoms with E-state index in [4.69, 9.17) is 11.6 Å². The maximum Gasteiger partial charge on any atom is 0.252 e. The molecule has 70 valence electrons. The standard InChI is InChI=1S/C9H7ClF2O/c1-2-6-7(11)3-5(9(10)13)4-8(6)12/h3-4H,2H2,1H3. The monoisotopic (exact) mass is 204 g/mol. The van der Waals surface area contributed by atoms with E-state index >= 15 is 0 Å². The molecule has 1 nitrogen and oxygen atoms in total. The fraction of sp³-hybridized carbons (Fsp3) is 0.222. The number of benzene rings is 1. The van der Waals surface area contributed by atoms with E-state index in [1.165, 1.54) is 0 Å². The first kappa shape index (κ1) is 10.1. The van der Waals surface area contributed by atoms with E-state index < -0.39 is 16.9 Å². The van der Waals surface area contributed by atoms with Gasteiger partial charge in [-0.3, -0.25) is 4.79 Å². The summed E-state index contributed by atoms with van der Waals surface area (Å²) >= 11 is 5.07. The number of rotatable bonds is 2. The molecule has 4 heteroatoms. The molecule has 1 rings (SSSR count). The lowest BCUT2D eigenvalue weighted by Crippen LogP contribution is -1.98. The molecule has 0 amide bonds. The van der Waals surface area contributed by atoms with Crippen LogP contribution in [0.5, 0.6) is 0 Å². The molecule has 1 aromatic rings. The Morgan fingerprint density at radius 1 is 1.38 bits per heavy atom. The third kappa shape index (κ3) is 2.04. The van der Waals surface area contributed by atoms with Crippen LogP contribution in [0.3, 0.4) is 0 Å². The first-order valence-corrected chi connectivity index (χ1v) is 4.11. The van der Waals surface area contributed by atoms with Crippen molar-refractivity contribution < 1.29 is 13.6 Å². The average Bonchev–Trinajstić information content (AvgIpc) is 2.03. The number of carbonyl (C=O) groups is 1. The van der Waals surface area contributed by atoms with Crippen molar-refractivity contribution in [2.24, 2.45) is 0 Å². The van der Waals surface area contributed by atoms with Crippen molar-refractivity contribution >= 4 is 16.8 Å². The maximum absolute atomic E-state index is 13.0. The Morgan fingerprint density at radius 2 is 1.85 bits per heavy atom. The van der Waals surface area contributed by atoms with Crippen LogP contribution >= 0.6 is 11.6 Å². The van der Waals surface area contributed by atoms with Crippen molar-refractivity contribution in [3.8, 4) is 0 Å².